The first-order valence-electron chi connectivity index (χ1n) is 6.49. The van der Waals surface area contributed by atoms with E-state index < -0.39 is 9.84 Å². The quantitative estimate of drug-likeness (QED) is 0.920. The van der Waals surface area contributed by atoms with Gasteiger partial charge in [-0.05, 0) is 48.4 Å². The number of aromatic nitrogens is 1. The summed E-state index contributed by atoms with van der Waals surface area (Å²) in [5, 5.41) is 3.28. The van der Waals surface area contributed by atoms with Gasteiger partial charge in [-0.25, -0.2) is 8.42 Å². The second-order valence-electron chi connectivity index (χ2n) is 4.58. The first kappa shape index (κ1) is 14.5. The molecular weight excluding hydrogens is 272 g/mol. The van der Waals surface area contributed by atoms with Gasteiger partial charge in [-0.3, -0.25) is 4.98 Å². The number of aryl methyl sites for hydroxylation is 1. The number of sulfone groups is 1. The van der Waals surface area contributed by atoms with Crippen LogP contribution in [0.1, 0.15) is 18.1 Å². The summed E-state index contributed by atoms with van der Waals surface area (Å²) in [6.45, 7) is 4.35. The highest BCUT2D eigenvalue weighted by Gasteiger charge is 2.10. The molecule has 5 heteroatoms. The Morgan fingerprint density at radius 2 is 1.85 bits per heavy atom. The summed E-state index contributed by atoms with van der Waals surface area (Å²) in [6, 6.07) is 8.83. The summed E-state index contributed by atoms with van der Waals surface area (Å²) in [5.74, 6) is 0.121. The van der Waals surface area contributed by atoms with Crippen molar-refractivity contribution in [3.8, 4) is 0 Å². The van der Waals surface area contributed by atoms with Crippen LogP contribution in [0, 0.1) is 6.92 Å². The van der Waals surface area contributed by atoms with Gasteiger partial charge in [-0.15, -0.1) is 0 Å². The zero-order valence-corrected chi connectivity index (χ0v) is 12.4. The largest absolute Gasteiger partial charge is 0.381 e. The van der Waals surface area contributed by atoms with Crippen LogP contribution in [0.25, 0.3) is 0 Å². The van der Waals surface area contributed by atoms with Gasteiger partial charge in [0.2, 0.25) is 0 Å². The van der Waals surface area contributed by atoms with E-state index in [2.05, 4.69) is 10.3 Å². The van der Waals surface area contributed by atoms with E-state index in [0.29, 0.717) is 11.4 Å². The topological polar surface area (TPSA) is 59.1 Å². The third-order valence-electron chi connectivity index (χ3n) is 3.21. The molecule has 1 aromatic carbocycles. The zero-order valence-electron chi connectivity index (χ0n) is 11.6. The minimum atomic E-state index is -3.12. The standard InChI is InChI=1S/C15H18N2O2S/c1-3-20(18,19)15-6-4-14(5-7-15)17-11-13-8-9-16-10-12(13)2/h4-10,17H,3,11H2,1-2H3. The predicted octanol–water partition coefficient (Wildman–Crippen LogP) is 2.80. The SMILES string of the molecule is CCS(=O)(=O)c1ccc(NCc2ccncc2C)cc1. The zero-order chi connectivity index (χ0) is 14.6. The second-order valence-corrected chi connectivity index (χ2v) is 6.86. The van der Waals surface area contributed by atoms with E-state index in [-0.39, 0.29) is 5.75 Å². The van der Waals surface area contributed by atoms with Crippen molar-refractivity contribution >= 4 is 15.5 Å². The number of hydrogen-bond acceptors (Lipinski definition) is 4. The predicted molar refractivity (Wildman–Crippen MR) is 80.5 cm³/mol. The van der Waals surface area contributed by atoms with Crippen molar-refractivity contribution in [1.82, 2.24) is 4.98 Å². The van der Waals surface area contributed by atoms with Crippen molar-refractivity contribution in [2.45, 2.75) is 25.3 Å². The highest BCUT2D eigenvalue weighted by Crippen LogP contribution is 2.16. The smallest absolute Gasteiger partial charge is 0.178 e. The maximum absolute atomic E-state index is 11.7. The molecule has 1 N–H and O–H groups in total. The molecule has 2 rings (SSSR count). The van der Waals surface area contributed by atoms with Crippen molar-refractivity contribution in [3.05, 3.63) is 53.9 Å². The molecule has 0 saturated heterocycles. The van der Waals surface area contributed by atoms with E-state index in [0.717, 1.165) is 11.3 Å². The van der Waals surface area contributed by atoms with Crippen molar-refractivity contribution in [2.75, 3.05) is 11.1 Å². The summed E-state index contributed by atoms with van der Waals surface area (Å²) in [6.07, 6.45) is 3.59. The molecule has 0 aliphatic rings. The number of anilines is 1. The molecule has 0 atom stereocenters. The van der Waals surface area contributed by atoms with Crippen LogP contribution in [0.3, 0.4) is 0 Å². The molecular formula is C15H18N2O2S. The molecule has 1 heterocycles. The van der Waals surface area contributed by atoms with Crippen LogP contribution in [-0.2, 0) is 16.4 Å². The van der Waals surface area contributed by atoms with E-state index in [4.69, 9.17) is 0 Å². The van der Waals surface area contributed by atoms with E-state index in [1.54, 1.807) is 37.4 Å². The molecule has 0 saturated carbocycles. The summed E-state index contributed by atoms with van der Waals surface area (Å²) in [7, 11) is -3.12. The molecule has 2 aromatic rings. The minimum Gasteiger partial charge on any atom is -0.381 e. The fourth-order valence-electron chi connectivity index (χ4n) is 1.84. The normalized spacial score (nSPS) is 11.3. The lowest BCUT2D eigenvalue weighted by Gasteiger charge is -2.09. The van der Waals surface area contributed by atoms with Gasteiger partial charge in [0.05, 0.1) is 10.6 Å². The van der Waals surface area contributed by atoms with Crippen LogP contribution < -0.4 is 5.32 Å². The monoisotopic (exact) mass is 290 g/mol. The van der Waals surface area contributed by atoms with Crippen molar-refractivity contribution in [2.24, 2.45) is 0 Å². The Morgan fingerprint density at radius 1 is 1.15 bits per heavy atom. The minimum absolute atomic E-state index is 0.121. The van der Waals surface area contributed by atoms with Gasteiger partial charge in [-0.1, -0.05) is 6.92 Å². The van der Waals surface area contributed by atoms with E-state index >= 15 is 0 Å². The number of hydrogen-bond donors (Lipinski definition) is 1. The van der Waals surface area contributed by atoms with Crippen LogP contribution >= 0.6 is 0 Å². The Hall–Kier alpha value is -1.88. The Balaban J connectivity index is 2.07. The highest BCUT2D eigenvalue weighted by molar-refractivity contribution is 7.91. The molecule has 20 heavy (non-hydrogen) atoms. The molecule has 0 radical (unpaired) electrons. The van der Waals surface area contributed by atoms with E-state index in [1.165, 1.54) is 5.56 Å². The molecule has 1 aromatic heterocycles. The van der Waals surface area contributed by atoms with Crippen LogP contribution in [0.5, 0.6) is 0 Å². The molecule has 4 nitrogen and oxygen atoms in total. The molecule has 0 aliphatic carbocycles. The van der Waals surface area contributed by atoms with Crippen LogP contribution in [0.15, 0.2) is 47.6 Å². The van der Waals surface area contributed by atoms with Crippen molar-refractivity contribution < 1.29 is 8.42 Å². The molecule has 0 amide bonds. The molecule has 0 spiro atoms. The third-order valence-corrected chi connectivity index (χ3v) is 4.96. The van der Waals surface area contributed by atoms with Crippen LogP contribution in [-0.4, -0.2) is 19.2 Å². The Labute approximate surface area is 119 Å². The number of nitrogens with one attached hydrogen (secondary N) is 1. The van der Waals surface area contributed by atoms with Gasteiger partial charge in [-0.2, -0.15) is 0 Å². The highest BCUT2D eigenvalue weighted by atomic mass is 32.2. The third kappa shape index (κ3) is 3.36. The Kier molecular flexibility index (Phi) is 4.39. The maximum Gasteiger partial charge on any atom is 0.178 e. The van der Waals surface area contributed by atoms with Gasteiger partial charge in [0.1, 0.15) is 0 Å². The lowest BCUT2D eigenvalue weighted by molar-refractivity contribution is 0.597. The second kappa shape index (κ2) is 6.05. The summed E-state index contributed by atoms with van der Waals surface area (Å²) < 4.78 is 23.4. The average molecular weight is 290 g/mol. The average Bonchev–Trinajstić information content (AvgIpc) is 2.47. The maximum atomic E-state index is 11.7. The lowest BCUT2D eigenvalue weighted by atomic mass is 10.1. The molecule has 0 aliphatic heterocycles. The Bertz CT molecular complexity index is 679. The number of benzene rings is 1. The molecule has 0 bridgehead atoms. The molecule has 106 valence electrons. The van der Waals surface area contributed by atoms with Gasteiger partial charge in [0.15, 0.2) is 9.84 Å². The lowest BCUT2D eigenvalue weighted by Crippen LogP contribution is -2.04. The summed E-state index contributed by atoms with van der Waals surface area (Å²) >= 11 is 0. The summed E-state index contributed by atoms with van der Waals surface area (Å²) in [4.78, 5) is 4.42. The van der Waals surface area contributed by atoms with Crippen LogP contribution in [0.4, 0.5) is 5.69 Å². The molecule has 0 unspecified atom stereocenters. The van der Waals surface area contributed by atoms with E-state index in [9.17, 15) is 8.42 Å². The fraction of sp³-hybridized carbons (Fsp3) is 0.267. The van der Waals surface area contributed by atoms with Gasteiger partial charge >= 0.3 is 0 Å². The molecule has 0 fully saturated rings. The first-order valence-corrected chi connectivity index (χ1v) is 8.14. The van der Waals surface area contributed by atoms with Gasteiger partial charge < -0.3 is 5.32 Å². The van der Waals surface area contributed by atoms with Crippen molar-refractivity contribution in [3.63, 3.8) is 0 Å². The van der Waals surface area contributed by atoms with Crippen molar-refractivity contribution in [1.29, 1.82) is 0 Å². The fourth-order valence-corrected chi connectivity index (χ4v) is 2.73. The Morgan fingerprint density at radius 3 is 2.45 bits per heavy atom. The number of rotatable bonds is 5. The van der Waals surface area contributed by atoms with Gasteiger partial charge in [0, 0.05) is 24.6 Å². The number of nitrogens with zero attached hydrogens (tertiary/aromatic N) is 1. The van der Waals surface area contributed by atoms with Gasteiger partial charge in [0.25, 0.3) is 0 Å². The number of pyridine rings is 1. The van der Waals surface area contributed by atoms with Crippen LogP contribution in [0.2, 0.25) is 0 Å². The van der Waals surface area contributed by atoms with E-state index in [1.807, 2.05) is 19.2 Å². The summed E-state index contributed by atoms with van der Waals surface area (Å²) in [5.41, 5.74) is 3.20. The first-order chi connectivity index (χ1) is 9.53.